The highest BCUT2D eigenvalue weighted by Gasteiger charge is 2.36. The van der Waals surface area contributed by atoms with Crippen LogP contribution in [0.5, 0.6) is 0 Å². The SMILES string of the molecule is CC1(C)c2ccccc2-c2ccc(-c3ccc(C(c4ccc(-c5ccc6c(c5)C(C)(C)c5ccccc5-6)cc4)c4ccc(-c5ccc6c(c5)oc5ccccc56)cc4)cc3)cc21. The molecule has 0 atom stereocenters. The van der Waals surface area contributed by atoms with E-state index in [1.54, 1.807) is 0 Å². The monoisotopic (exact) mass is 794 g/mol. The molecule has 12 rings (SSSR count). The highest BCUT2D eigenvalue weighted by molar-refractivity contribution is 6.05. The average molecular weight is 795 g/mol. The van der Waals surface area contributed by atoms with E-state index in [9.17, 15) is 0 Å². The first-order chi connectivity index (χ1) is 30.2. The predicted molar refractivity (Wildman–Crippen MR) is 259 cm³/mol. The van der Waals surface area contributed by atoms with Gasteiger partial charge in [-0.1, -0.05) is 198 Å². The molecule has 0 bridgehead atoms. The molecule has 10 aromatic rings. The molecule has 0 unspecified atom stereocenters. The lowest BCUT2D eigenvalue weighted by Crippen LogP contribution is -2.14. The Labute approximate surface area is 364 Å². The molecular weight excluding hydrogens is 749 g/mol. The van der Waals surface area contributed by atoms with Crippen LogP contribution in [0.2, 0.25) is 0 Å². The standard InChI is InChI=1S/C61H46O/c1-60(2)53-14-8-5-11-47(53)49-32-29-44(35-55(49)60)38-17-23-41(24-18-38)59(43-27-21-40(22-28-43)46-31-34-52-51-13-7-10-16-57(51)62-58(52)37-46)42-25-19-39(20-26-42)45-30-33-50-48-12-6-9-15-54(48)61(3,4)56(50)36-45/h5-37,59H,1-4H3. The van der Waals surface area contributed by atoms with E-state index >= 15 is 0 Å². The first kappa shape index (κ1) is 36.6. The summed E-state index contributed by atoms with van der Waals surface area (Å²) in [5, 5.41) is 2.30. The Hall–Kier alpha value is -7.22. The number of para-hydroxylation sites is 1. The van der Waals surface area contributed by atoms with E-state index in [1.165, 1.54) is 89.0 Å². The summed E-state index contributed by atoms with van der Waals surface area (Å²) in [6.07, 6.45) is 0. The van der Waals surface area contributed by atoms with Crippen molar-refractivity contribution >= 4 is 21.9 Å². The van der Waals surface area contributed by atoms with Crippen molar-refractivity contribution in [3.63, 3.8) is 0 Å². The fourth-order valence-corrected chi connectivity index (χ4v) is 10.9. The molecule has 0 fully saturated rings. The second-order valence-corrected chi connectivity index (χ2v) is 18.5. The van der Waals surface area contributed by atoms with Gasteiger partial charge in [-0.2, -0.15) is 0 Å². The van der Waals surface area contributed by atoms with Gasteiger partial charge in [-0.3, -0.25) is 0 Å². The zero-order valence-electron chi connectivity index (χ0n) is 35.5. The van der Waals surface area contributed by atoms with E-state index in [1.807, 2.05) is 12.1 Å². The summed E-state index contributed by atoms with van der Waals surface area (Å²) >= 11 is 0. The fraction of sp³-hybridized carbons (Fsp3) is 0.115. The Morgan fingerprint density at radius 1 is 0.306 bits per heavy atom. The molecule has 1 heterocycles. The Bertz CT molecular complexity index is 3220. The van der Waals surface area contributed by atoms with Crippen molar-refractivity contribution in [3.8, 4) is 55.6 Å². The number of fused-ring (bicyclic) bond motifs is 9. The van der Waals surface area contributed by atoms with Crippen LogP contribution in [0.1, 0.15) is 72.6 Å². The summed E-state index contributed by atoms with van der Waals surface area (Å²) in [5.74, 6) is 0.0481. The number of hydrogen-bond acceptors (Lipinski definition) is 1. The lowest BCUT2D eigenvalue weighted by Gasteiger charge is -2.22. The Balaban J connectivity index is 0.905. The van der Waals surface area contributed by atoms with Gasteiger partial charge in [0.2, 0.25) is 0 Å². The minimum Gasteiger partial charge on any atom is -0.456 e. The molecule has 0 radical (unpaired) electrons. The smallest absolute Gasteiger partial charge is 0.136 e. The first-order valence-electron chi connectivity index (χ1n) is 21.9. The van der Waals surface area contributed by atoms with Crippen molar-refractivity contribution in [2.24, 2.45) is 0 Å². The molecule has 2 aliphatic rings. The van der Waals surface area contributed by atoms with Gasteiger partial charge in [-0.05, 0) is 125 Å². The van der Waals surface area contributed by atoms with Crippen LogP contribution in [-0.2, 0) is 10.8 Å². The molecule has 0 amide bonds. The van der Waals surface area contributed by atoms with Crippen LogP contribution in [0.25, 0.3) is 77.6 Å². The van der Waals surface area contributed by atoms with Crippen LogP contribution >= 0.6 is 0 Å². The maximum atomic E-state index is 6.27. The van der Waals surface area contributed by atoms with Crippen molar-refractivity contribution in [2.75, 3.05) is 0 Å². The molecule has 1 heteroatoms. The lowest BCUT2D eigenvalue weighted by molar-refractivity contribution is 0.660. The third-order valence-corrected chi connectivity index (χ3v) is 14.3. The molecule has 0 N–H and O–H groups in total. The van der Waals surface area contributed by atoms with Gasteiger partial charge in [0.1, 0.15) is 11.2 Å². The minimum atomic E-state index is -0.0376. The number of furan rings is 1. The molecule has 0 saturated heterocycles. The van der Waals surface area contributed by atoms with Crippen molar-refractivity contribution in [3.05, 3.63) is 239 Å². The number of rotatable bonds is 6. The van der Waals surface area contributed by atoms with Crippen LogP contribution in [0.3, 0.4) is 0 Å². The third kappa shape index (κ3) is 5.61. The highest BCUT2D eigenvalue weighted by Crippen LogP contribution is 2.51. The van der Waals surface area contributed by atoms with Crippen LogP contribution < -0.4 is 0 Å². The third-order valence-electron chi connectivity index (χ3n) is 14.3. The molecule has 1 aromatic heterocycles. The second kappa shape index (κ2) is 13.6. The summed E-state index contributed by atoms with van der Waals surface area (Å²) in [6.45, 7) is 9.42. The molecule has 0 spiro atoms. The van der Waals surface area contributed by atoms with Gasteiger partial charge in [0.25, 0.3) is 0 Å². The van der Waals surface area contributed by atoms with Gasteiger partial charge in [0.15, 0.2) is 0 Å². The van der Waals surface area contributed by atoms with Crippen molar-refractivity contribution < 1.29 is 4.42 Å². The summed E-state index contributed by atoms with van der Waals surface area (Å²) < 4.78 is 6.27. The highest BCUT2D eigenvalue weighted by atomic mass is 16.3. The maximum absolute atomic E-state index is 6.27. The van der Waals surface area contributed by atoms with E-state index in [2.05, 4.69) is 216 Å². The number of benzene rings is 9. The van der Waals surface area contributed by atoms with E-state index in [0.29, 0.717) is 0 Å². The topological polar surface area (TPSA) is 13.1 Å². The Kier molecular flexibility index (Phi) is 8.06. The van der Waals surface area contributed by atoms with E-state index in [0.717, 1.165) is 27.5 Å². The van der Waals surface area contributed by atoms with E-state index in [4.69, 9.17) is 4.42 Å². The summed E-state index contributed by atoms with van der Waals surface area (Å²) in [5.41, 5.74) is 23.9. The molecule has 0 saturated carbocycles. The van der Waals surface area contributed by atoms with Gasteiger partial charge in [0, 0.05) is 27.5 Å². The van der Waals surface area contributed by atoms with Crippen molar-refractivity contribution in [2.45, 2.75) is 44.4 Å². The van der Waals surface area contributed by atoms with Gasteiger partial charge in [0.05, 0.1) is 0 Å². The molecule has 2 aliphatic carbocycles. The van der Waals surface area contributed by atoms with Crippen molar-refractivity contribution in [1.82, 2.24) is 0 Å². The van der Waals surface area contributed by atoms with Crippen molar-refractivity contribution in [1.29, 1.82) is 0 Å². The Morgan fingerprint density at radius 2 is 0.677 bits per heavy atom. The minimum absolute atomic E-state index is 0.0376. The molecule has 9 aromatic carbocycles. The van der Waals surface area contributed by atoms with Gasteiger partial charge in [-0.25, -0.2) is 0 Å². The molecule has 1 nitrogen and oxygen atoms in total. The second-order valence-electron chi connectivity index (χ2n) is 18.5. The normalized spacial score (nSPS) is 14.2. The van der Waals surface area contributed by atoms with Gasteiger partial charge >= 0.3 is 0 Å². The predicted octanol–water partition coefficient (Wildman–Crippen LogP) is 16.4. The van der Waals surface area contributed by atoms with Gasteiger partial charge in [-0.15, -0.1) is 0 Å². The maximum Gasteiger partial charge on any atom is 0.136 e. The van der Waals surface area contributed by atoms with Gasteiger partial charge < -0.3 is 4.42 Å². The van der Waals surface area contributed by atoms with E-state index in [-0.39, 0.29) is 16.7 Å². The fourth-order valence-electron chi connectivity index (χ4n) is 10.9. The largest absolute Gasteiger partial charge is 0.456 e. The first-order valence-corrected chi connectivity index (χ1v) is 21.9. The molecular formula is C61H46O. The zero-order valence-corrected chi connectivity index (χ0v) is 35.5. The quantitative estimate of drug-likeness (QED) is 0.153. The molecule has 296 valence electrons. The summed E-state index contributed by atoms with van der Waals surface area (Å²) in [7, 11) is 0. The summed E-state index contributed by atoms with van der Waals surface area (Å²) in [4.78, 5) is 0. The van der Waals surface area contributed by atoms with E-state index < -0.39 is 0 Å². The van der Waals surface area contributed by atoms with Crippen LogP contribution in [0.4, 0.5) is 0 Å². The average Bonchev–Trinajstić information content (AvgIpc) is 3.89. The molecule has 62 heavy (non-hydrogen) atoms. The Morgan fingerprint density at radius 3 is 1.18 bits per heavy atom. The summed E-state index contributed by atoms with van der Waals surface area (Å²) in [6, 6.07) is 74.4. The lowest BCUT2D eigenvalue weighted by atomic mass is 9.81. The van der Waals surface area contributed by atoms with Crippen LogP contribution in [-0.4, -0.2) is 0 Å². The zero-order chi connectivity index (χ0) is 41.7. The number of hydrogen-bond donors (Lipinski definition) is 0. The van der Waals surface area contributed by atoms with Crippen LogP contribution in [0, 0.1) is 0 Å². The van der Waals surface area contributed by atoms with Crippen LogP contribution in [0.15, 0.2) is 205 Å². The molecule has 0 aliphatic heterocycles.